The number of hydrogen-bond donors (Lipinski definition) is 1. The van der Waals surface area contributed by atoms with E-state index in [1.54, 1.807) is 0 Å². The van der Waals surface area contributed by atoms with E-state index >= 15 is 0 Å². The first-order chi connectivity index (χ1) is 15.9. The van der Waals surface area contributed by atoms with Crippen LogP contribution in [0.4, 0.5) is 26.1 Å². The molecule has 0 radical (unpaired) electrons. The second kappa shape index (κ2) is 8.80. The number of anilines is 3. The highest BCUT2D eigenvalue weighted by Gasteiger charge is 2.31. The molecule has 0 bridgehead atoms. The van der Waals surface area contributed by atoms with Gasteiger partial charge >= 0.3 is 0 Å². The van der Waals surface area contributed by atoms with Crippen molar-refractivity contribution in [1.82, 2.24) is 19.7 Å². The van der Waals surface area contributed by atoms with E-state index in [1.807, 2.05) is 24.0 Å². The topological polar surface area (TPSA) is 66.3 Å². The normalized spacial score (nSPS) is 18.8. The summed E-state index contributed by atoms with van der Waals surface area (Å²) < 4.78 is 28.4. The predicted molar refractivity (Wildman–Crippen MR) is 122 cm³/mol. The van der Waals surface area contributed by atoms with Crippen LogP contribution in [0.15, 0.2) is 42.7 Å². The van der Waals surface area contributed by atoms with E-state index in [2.05, 4.69) is 26.4 Å². The number of aromatic nitrogens is 3. The standard InChI is InChI=1S/C24H26F2N6O/c1-16-8-19(28-24-27-15-32(29-24)22-11-17(25)10-18(26)12-22)13-21(9-16)30-6-2-4-20(14-30)31-7-3-5-23(31)33/h8-13,15,20H,2-7,14H2,1H3,(H,28,29). The fourth-order valence-corrected chi connectivity index (χ4v) is 4.76. The van der Waals surface area contributed by atoms with Gasteiger partial charge in [-0.05, 0) is 62.1 Å². The summed E-state index contributed by atoms with van der Waals surface area (Å²) in [5.41, 5.74) is 3.25. The van der Waals surface area contributed by atoms with E-state index in [0.29, 0.717) is 12.4 Å². The summed E-state index contributed by atoms with van der Waals surface area (Å²) >= 11 is 0. The summed E-state index contributed by atoms with van der Waals surface area (Å²) in [6, 6.07) is 9.66. The minimum absolute atomic E-state index is 0.258. The van der Waals surface area contributed by atoms with Crippen LogP contribution in [-0.4, -0.2) is 51.2 Å². The number of nitrogens with one attached hydrogen (secondary N) is 1. The van der Waals surface area contributed by atoms with Crippen LogP contribution in [0.2, 0.25) is 0 Å². The van der Waals surface area contributed by atoms with Gasteiger partial charge in [-0.2, -0.15) is 4.98 Å². The van der Waals surface area contributed by atoms with Gasteiger partial charge in [-0.25, -0.2) is 13.5 Å². The average molecular weight is 453 g/mol. The molecule has 1 aromatic heterocycles. The van der Waals surface area contributed by atoms with Crippen LogP contribution < -0.4 is 10.2 Å². The summed E-state index contributed by atoms with van der Waals surface area (Å²) in [6.07, 6.45) is 5.12. The third-order valence-electron chi connectivity index (χ3n) is 6.23. The second-order valence-corrected chi connectivity index (χ2v) is 8.76. The molecule has 3 aromatic rings. The number of amides is 1. The van der Waals surface area contributed by atoms with E-state index in [9.17, 15) is 13.6 Å². The molecule has 2 aliphatic rings. The lowest BCUT2D eigenvalue weighted by Crippen LogP contribution is -2.48. The lowest BCUT2D eigenvalue weighted by atomic mass is 10.0. The summed E-state index contributed by atoms with van der Waals surface area (Å²) in [7, 11) is 0. The van der Waals surface area contributed by atoms with Crippen LogP contribution in [-0.2, 0) is 4.79 Å². The van der Waals surface area contributed by atoms with E-state index in [0.717, 1.165) is 61.9 Å². The Morgan fingerprint density at radius 1 is 1.00 bits per heavy atom. The number of carbonyl (C=O) groups is 1. The van der Waals surface area contributed by atoms with Crippen molar-refractivity contribution in [3.05, 3.63) is 59.9 Å². The van der Waals surface area contributed by atoms with Crippen LogP contribution in [0.5, 0.6) is 0 Å². The van der Waals surface area contributed by atoms with Crippen molar-refractivity contribution in [2.45, 2.75) is 38.6 Å². The van der Waals surface area contributed by atoms with Crippen LogP contribution in [0.3, 0.4) is 0 Å². The molecular formula is C24H26F2N6O. The molecule has 2 fully saturated rings. The third kappa shape index (κ3) is 4.67. The molecule has 2 aliphatic heterocycles. The Morgan fingerprint density at radius 3 is 2.58 bits per heavy atom. The van der Waals surface area contributed by atoms with Crippen LogP contribution in [0.1, 0.15) is 31.2 Å². The van der Waals surface area contributed by atoms with E-state index in [1.165, 1.54) is 23.1 Å². The smallest absolute Gasteiger partial charge is 0.246 e. The molecule has 1 atom stereocenters. The quantitative estimate of drug-likeness (QED) is 0.629. The second-order valence-electron chi connectivity index (χ2n) is 8.76. The molecule has 0 saturated carbocycles. The maximum atomic E-state index is 13.5. The largest absolute Gasteiger partial charge is 0.369 e. The summed E-state index contributed by atoms with van der Waals surface area (Å²) in [6.45, 7) is 4.66. The first kappa shape index (κ1) is 21.4. The Morgan fingerprint density at radius 2 is 1.82 bits per heavy atom. The molecule has 5 rings (SSSR count). The number of carbonyl (C=O) groups excluding carboxylic acids is 1. The van der Waals surface area contributed by atoms with Crippen molar-refractivity contribution in [1.29, 1.82) is 0 Å². The van der Waals surface area contributed by atoms with Gasteiger partial charge in [0.25, 0.3) is 0 Å². The third-order valence-corrected chi connectivity index (χ3v) is 6.23. The average Bonchev–Trinajstić information content (AvgIpc) is 3.42. The molecule has 2 aromatic carbocycles. The molecule has 2 saturated heterocycles. The minimum atomic E-state index is -0.672. The molecule has 9 heteroatoms. The van der Waals surface area contributed by atoms with E-state index in [4.69, 9.17) is 0 Å². The Kier molecular flexibility index (Phi) is 5.70. The highest BCUT2D eigenvalue weighted by atomic mass is 19.1. The zero-order chi connectivity index (χ0) is 22.9. The number of likely N-dealkylation sites (tertiary alicyclic amines) is 1. The Labute approximate surface area is 191 Å². The highest BCUT2D eigenvalue weighted by Crippen LogP contribution is 2.29. The van der Waals surface area contributed by atoms with Crippen LogP contribution in [0, 0.1) is 18.6 Å². The molecule has 0 spiro atoms. The zero-order valence-electron chi connectivity index (χ0n) is 18.5. The predicted octanol–water partition coefficient (Wildman–Crippen LogP) is 4.19. The maximum absolute atomic E-state index is 13.5. The molecular weight excluding hydrogens is 426 g/mol. The van der Waals surface area contributed by atoms with Crippen molar-refractivity contribution in [2.75, 3.05) is 29.9 Å². The molecule has 172 valence electrons. The summed E-state index contributed by atoms with van der Waals surface area (Å²) in [5.74, 6) is -0.744. The van der Waals surface area contributed by atoms with Crippen LogP contribution in [0.25, 0.3) is 5.69 Å². The number of halogens is 2. The van der Waals surface area contributed by atoms with Gasteiger partial charge in [0.05, 0.1) is 5.69 Å². The number of benzene rings is 2. The van der Waals surface area contributed by atoms with Crippen molar-refractivity contribution in [2.24, 2.45) is 0 Å². The van der Waals surface area contributed by atoms with Gasteiger partial charge in [0, 0.05) is 49.5 Å². The number of hydrogen-bond acceptors (Lipinski definition) is 5. The van der Waals surface area contributed by atoms with Crippen molar-refractivity contribution < 1.29 is 13.6 Å². The first-order valence-electron chi connectivity index (χ1n) is 11.3. The van der Waals surface area contributed by atoms with Crippen LogP contribution >= 0.6 is 0 Å². The van der Waals surface area contributed by atoms with Gasteiger partial charge < -0.3 is 15.1 Å². The molecule has 33 heavy (non-hydrogen) atoms. The van der Waals surface area contributed by atoms with E-state index in [-0.39, 0.29) is 17.6 Å². The molecule has 3 heterocycles. The Hall–Kier alpha value is -3.49. The molecule has 0 aliphatic carbocycles. The lowest BCUT2D eigenvalue weighted by Gasteiger charge is -2.39. The SMILES string of the molecule is Cc1cc(Nc2ncn(-c3cc(F)cc(F)c3)n2)cc(N2CCCC(N3CCCC3=O)C2)c1. The van der Waals surface area contributed by atoms with Crippen molar-refractivity contribution >= 4 is 23.2 Å². The van der Waals surface area contributed by atoms with Crippen molar-refractivity contribution in [3.8, 4) is 5.69 Å². The molecule has 1 unspecified atom stereocenters. The highest BCUT2D eigenvalue weighted by molar-refractivity contribution is 5.78. The Balaban J connectivity index is 1.33. The molecule has 7 nitrogen and oxygen atoms in total. The van der Waals surface area contributed by atoms with Crippen molar-refractivity contribution in [3.63, 3.8) is 0 Å². The maximum Gasteiger partial charge on any atom is 0.246 e. The molecule has 1 N–H and O–H groups in total. The van der Waals surface area contributed by atoms with Gasteiger partial charge in [0.15, 0.2) is 0 Å². The van der Waals surface area contributed by atoms with Gasteiger partial charge in [-0.1, -0.05) is 0 Å². The van der Waals surface area contributed by atoms with Gasteiger partial charge in [-0.3, -0.25) is 4.79 Å². The van der Waals surface area contributed by atoms with Gasteiger partial charge in [-0.15, -0.1) is 5.10 Å². The number of nitrogens with zero attached hydrogens (tertiary/aromatic N) is 5. The van der Waals surface area contributed by atoms with E-state index < -0.39 is 11.6 Å². The first-order valence-corrected chi connectivity index (χ1v) is 11.3. The fourth-order valence-electron chi connectivity index (χ4n) is 4.76. The number of rotatable bonds is 5. The van der Waals surface area contributed by atoms with Gasteiger partial charge in [0.2, 0.25) is 11.9 Å². The van der Waals surface area contributed by atoms with Gasteiger partial charge in [0.1, 0.15) is 18.0 Å². The monoisotopic (exact) mass is 452 g/mol. The minimum Gasteiger partial charge on any atom is -0.369 e. The Bertz CT molecular complexity index is 1160. The lowest BCUT2D eigenvalue weighted by molar-refractivity contribution is -0.129. The zero-order valence-corrected chi connectivity index (χ0v) is 18.5. The fraction of sp³-hybridized carbons (Fsp3) is 0.375. The summed E-state index contributed by atoms with van der Waals surface area (Å²) in [5, 5.41) is 7.50. The number of aryl methyl sites for hydroxylation is 1. The summed E-state index contributed by atoms with van der Waals surface area (Å²) in [4.78, 5) is 20.8. The molecule has 1 amide bonds. The number of piperidine rings is 1.